The van der Waals surface area contributed by atoms with Crippen molar-refractivity contribution in [3.8, 4) is 17.1 Å². The topological polar surface area (TPSA) is 85.3 Å². The summed E-state index contributed by atoms with van der Waals surface area (Å²) in [6.45, 7) is 1.77. The van der Waals surface area contributed by atoms with Crippen LogP contribution in [0.1, 0.15) is 12.7 Å². The fraction of sp³-hybridized carbons (Fsp3) is 0.0909. The lowest BCUT2D eigenvalue weighted by atomic mass is 10.2. The Bertz CT molecular complexity index is 1140. The SMILES string of the molecule is C/C(=N/NC(=O)CSc1nnc(-c2ccccc2)n1-c1ccccc1)c1ccco1. The number of para-hydroxylation sites is 1. The zero-order chi connectivity index (χ0) is 20.8. The lowest BCUT2D eigenvalue weighted by Gasteiger charge is -2.10. The number of rotatable bonds is 7. The van der Waals surface area contributed by atoms with Crippen LogP contribution in [-0.4, -0.2) is 32.1 Å². The van der Waals surface area contributed by atoms with Gasteiger partial charge in [0.05, 0.1) is 12.0 Å². The van der Waals surface area contributed by atoms with E-state index in [9.17, 15) is 4.79 Å². The van der Waals surface area contributed by atoms with Gasteiger partial charge in [-0.2, -0.15) is 5.10 Å². The molecule has 4 rings (SSSR count). The van der Waals surface area contributed by atoms with Gasteiger partial charge < -0.3 is 4.42 Å². The Kier molecular flexibility index (Phi) is 6.05. The van der Waals surface area contributed by atoms with Gasteiger partial charge in [0.2, 0.25) is 0 Å². The lowest BCUT2D eigenvalue weighted by molar-refractivity contribution is -0.118. The number of hydrogen-bond acceptors (Lipinski definition) is 6. The first-order valence-electron chi connectivity index (χ1n) is 9.28. The van der Waals surface area contributed by atoms with Crippen LogP contribution in [0.25, 0.3) is 17.1 Å². The van der Waals surface area contributed by atoms with Crippen molar-refractivity contribution < 1.29 is 9.21 Å². The molecular formula is C22H19N5O2S. The van der Waals surface area contributed by atoms with E-state index in [1.54, 1.807) is 25.3 Å². The normalized spacial score (nSPS) is 11.4. The standard InChI is InChI=1S/C22H19N5O2S/c1-16(19-13-8-14-29-19)23-24-20(28)15-30-22-26-25-21(17-9-4-2-5-10-17)27(22)18-11-6-3-7-12-18/h2-14H,15H2,1H3,(H,24,28)/b23-16-. The minimum atomic E-state index is -0.241. The van der Waals surface area contributed by atoms with Crippen molar-refractivity contribution >= 4 is 23.4 Å². The van der Waals surface area contributed by atoms with E-state index in [1.165, 1.54) is 11.8 Å². The molecule has 0 unspecified atom stereocenters. The Labute approximate surface area is 177 Å². The molecule has 0 spiro atoms. The molecule has 1 N–H and O–H groups in total. The van der Waals surface area contributed by atoms with E-state index in [-0.39, 0.29) is 11.7 Å². The average Bonchev–Trinajstić information content (AvgIpc) is 3.47. The van der Waals surface area contributed by atoms with Crippen LogP contribution in [0.4, 0.5) is 0 Å². The second-order valence-electron chi connectivity index (χ2n) is 6.34. The molecule has 30 heavy (non-hydrogen) atoms. The number of hydrazone groups is 1. The number of amides is 1. The van der Waals surface area contributed by atoms with Crippen molar-refractivity contribution in [3.05, 3.63) is 84.8 Å². The van der Waals surface area contributed by atoms with Gasteiger partial charge in [0.1, 0.15) is 11.5 Å². The summed E-state index contributed by atoms with van der Waals surface area (Å²) in [5.41, 5.74) is 5.02. The van der Waals surface area contributed by atoms with Crippen LogP contribution in [0.2, 0.25) is 0 Å². The minimum Gasteiger partial charge on any atom is -0.463 e. The number of benzene rings is 2. The van der Waals surface area contributed by atoms with Crippen LogP contribution in [-0.2, 0) is 4.79 Å². The minimum absolute atomic E-state index is 0.148. The van der Waals surface area contributed by atoms with Crippen molar-refractivity contribution in [2.75, 3.05) is 5.75 Å². The van der Waals surface area contributed by atoms with Gasteiger partial charge in [-0.05, 0) is 31.2 Å². The molecule has 0 radical (unpaired) electrons. The molecule has 0 aliphatic rings. The zero-order valence-corrected chi connectivity index (χ0v) is 17.0. The van der Waals surface area contributed by atoms with E-state index in [1.807, 2.05) is 65.2 Å². The van der Waals surface area contributed by atoms with Gasteiger partial charge in [-0.1, -0.05) is 60.3 Å². The van der Waals surface area contributed by atoms with E-state index in [0.717, 1.165) is 17.1 Å². The molecule has 0 fully saturated rings. The number of nitrogens with one attached hydrogen (secondary N) is 1. The van der Waals surface area contributed by atoms with E-state index < -0.39 is 0 Å². The fourth-order valence-electron chi connectivity index (χ4n) is 2.80. The highest BCUT2D eigenvalue weighted by Crippen LogP contribution is 2.27. The fourth-order valence-corrected chi connectivity index (χ4v) is 3.54. The number of aromatic nitrogens is 3. The molecular weight excluding hydrogens is 398 g/mol. The molecule has 0 saturated carbocycles. The number of carbonyl (C=O) groups excluding carboxylic acids is 1. The summed E-state index contributed by atoms with van der Waals surface area (Å²) >= 11 is 1.30. The number of thioether (sulfide) groups is 1. The summed E-state index contributed by atoms with van der Waals surface area (Å²) in [5.74, 6) is 1.24. The van der Waals surface area contributed by atoms with Gasteiger partial charge >= 0.3 is 0 Å². The molecule has 0 saturated heterocycles. The Morgan fingerprint density at radius 3 is 2.47 bits per heavy atom. The highest BCUT2D eigenvalue weighted by molar-refractivity contribution is 7.99. The molecule has 2 aromatic carbocycles. The predicted octanol–water partition coefficient (Wildman–Crippen LogP) is 4.16. The monoisotopic (exact) mass is 417 g/mol. The number of nitrogens with zero attached hydrogens (tertiary/aromatic N) is 4. The summed E-state index contributed by atoms with van der Waals surface area (Å²) in [6, 6.07) is 23.2. The molecule has 4 aromatic rings. The van der Waals surface area contributed by atoms with Gasteiger partial charge in [0.25, 0.3) is 5.91 Å². The first-order chi connectivity index (χ1) is 14.7. The second kappa shape index (κ2) is 9.23. The molecule has 0 bridgehead atoms. The molecule has 2 aromatic heterocycles. The Hall–Kier alpha value is -3.65. The maximum atomic E-state index is 12.3. The van der Waals surface area contributed by atoms with Crippen molar-refractivity contribution in [3.63, 3.8) is 0 Å². The average molecular weight is 417 g/mol. The van der Waals surface area contributed by atoms with Gasteiger partial charge in [0, 0.05) is 11.3 Å². The number of furan rings is 1. The highest BCUT2D eigenvalue weighted by Gasteiger charge is 2.17. The largest absolute Gasteiger partial charge is 0.463 e. The van der Waals surface area contributed by atoms with Crippen molar-refractivity contribution in [2.45, 2.75) is 12.1 Å². The first kappa shape index (κ1) is 19.7. The van der Waals surface area contributed by atoms with Crippen LogP contribution < -0.4 is 5.43 Å². The van der Waals surface area contributed by atoms with Crippen LogP contribution in [0.5, 0.6) is 0 Å². The summed E-state index contributed by atoms with van der Waals surface area (Å²) in [7, 11) is 0. The van der Waals surface area contributed by atoms with Gasteiger partial charge in [-0.25, -0.2) is 5.43 Å². The van der Waals surface area contributed by atoms with Crippen LogP contribution in [0, 0.1) is 0 Å². The molecule has 0 aliphatic heterocycles. The molecule has 7 nitrogen and oxygen atoms in total. The van der Waals surface area contributed by atoms with Crippen molar-refractivity contribution in [1.82, 2.24) is 20.2 Å². The van der Waals surface area contributed by atoms with E-state index in [2.05, 4.69) is 20.7 Å². The third-order valence-electron chi connectivity index (χ3n) is 4.24. The molecule has 8 heteroatoms. The van der Waals surface area contributed by atoms with Crippen LogP contribution >= 0.6 is 11.8 Å². The molecule has 0 atom stereocenters. The maximum absolute atomic E-state index is 12.3. The summed E-state index contributed by atoms with van der Waals surface area (Å²) in [5, 5.41) is 13.4. The second-order valence-corrected chi connectivity index (χ2v) is 7.28. The Morgan fingerprint density at radius 1 is 1.03 bits per heavy atom. The van der Waals surface area contributed by atoms with Crippen molar-refractivity contribution in [2.24, 2.45) is 5.10 Å². The highest BCUT2D eigenvalue weighted by atomic mass is 32.2. The molecule has 1 amide bonds. The van der Waals surface area contributed by atoms with Crippen LogP contribution in [0.3, 0.4) is 0 Å². The smallest absolute Gasteiger partial charge is 0.250 e. The number of hydrogen-bond donors (Lipinski definition) is 1. The third kappa shape index (κ3) is 4.49. The van der Waals surface area contributed by atoms with Crippen LogP contribution in [0.15, 0.2) is 93.7 Å². The Balaban J connectivity index is 1.52. The van der Waals surface area contributed by atoms with E-state index in [4.69, 9.17) is 4.42 Å². The number of carbonyl (C=O) groups is 1. The van der Waals surface area contributed by atoms with E-state index in [0.29, 0.717) is 16.6 Å². The Morgan fingerprint density at radius 2 is 1.77 bits per heavy atom. The lowest BCUT2D eigenvalue weighted by Crippen LogP contribution is -2.21. The maximum Gasteiger partial charge on any atom is 0.250 e. The summed E-state index contributed by atoms with van der Waals surface area (Å²) in [6.07, 6.45) is 1.56. The zero-order valence-electron chi connectivity index (χ0n) is 16.2. The van der Waals surface area contributed by atoms with Gasteiger partial charge in [-0.15, -0.1) is 10.2 Å². The molecule has 0 aliphatic carbocycles. The van der Waals surface area contributed by atoms with Gasteiger partial charge in [-0.3, -0.25) is 9.36 Å². The predicted molar refractivity (Wildman–Crippen MR) is 117 cm³/mol. The quantitative estimate of drug-likeness (QED) is 0.277. The van der Waals surface area contributed by atoms with E-state index >= 15 is 0 Å². The van der Waals surface area contributed by atoms with Crippen molar-refractivity contribution in [1.29, 1.82) is 0 Å². The summed E-state index contributed by atoms with van der Waals surface area (Å²) in [4.78, 5) is 12.3. The molecule has 2 heterocycles. The summed E-state index contributed by atoms with van der Waals surface area (Å²) < 4.78 is 7.21. The molecule has 150 valence electrons. The third-order valence-corrected chi connectivity index (χ3v) is 5.17. The first-order valence-corrected chi connectivity index (χ1v) is 10.3. The van der Waals surface area contributed by atoms with Gasteiger partial charge in [0.15, 0.2) is 11.0 Å².